The minimum atomic E-state index is 0.210. The molecule has 3 nitrogen and oxygen atoms in total. The molecule has 0 bridgehead atoms. The van der Waals surface area contributed by atoms with Crippen molar-refractivity contribution < 1.29 is 9.53 Å². The van der Waals surface area contributed by atoms with Gasteiger partial charge in [0, 0.05) is 24.6 Å². The normalized spacial score (nSPS) is 16.6. The summed E-state index contributed by atoms with van der Waals surface area (Å²) >= 11 is 4.24. The minimum Gasteiger partial charge on any atom is -0.378 e. The molecule has 0 N–H and O–H groups in total. The van der Waals surface area contributed by atoms with Crippen molar-refractivity contribution in [3.8, 4) is 0 Å². The second-order valence-electron chi connectivity index (χ2n) is 4.88. The van der Waals surface area contributed by atoms with Crippen LogP contribution < -0.4 is 0 Å². The van der Waals surface area contributed by atoms with Crippen LogP contribution in [0.5, 0.6) is 0 Å². The van der Waals surface area contributed by atoms with E-state index in [9.17, 15) is 4.79 Å². The number of thiol groups is 1. The molecule has 0 aromatic heterocycles. The highest BCUT2D eigenvalue weighted by molar-refractivity contribution is 7.80. The minimum absolute atomic E-state index is 0.210. The predicted octanol–water partition coefficient (Wildman–Crippen LogP) is 2.55. The number of amides is 1. The lowest BCUT2D eigenvalue weighted by molar-refractivity contribution is -0.133. The van der Waals surface area contributed by atoms with E-state index in [1.54, 1.807) is 0 Å². The number of benzene rings is 1. The zero-order valence-corrected chi connectivity index (χ0v) is 12.2. The van der Waals surface area contributed by atoms with Crippen molar-refractivity contribution in [1.29, 1.82) is 0 Å². The molecular formula is C15H21NO2S. The van der Waals surface area contributed by atoms with Crippen molar-refractivity contribution in [3.05, 3.63) is 29.8 Å². The summed E-state index contributed by atoms with van der Waals surface area (Å²) in [5.41, 5.74) is 1.05. The summed E-state index contributed by atoms with van der Waals surface area (Å²) in [7, 11) is 0. The molecule has 1 saturated heterocycles. The first kappa shape index (κ1) is 14.4. The van der Waals surface area contributed by atoms with E-state index in [1.165, 1.54) is 0 Å². The maximum absolute atomic E-state index is 12.2. The Morgan fingerprint density at radius 2 is 1.95 bits per heavy atom. The van der Waals surface area contributed by atoms with Gasteiger partial charge in [-0.1, -0.05) is 12.1 Å². The van der Waals surface area contributed by atoms with Crippen LogP contribution in [0.3, 0.4) is 0 Å². The van der Waals surface area contributed by atoms with Crippen LogP contribution in [0.2, 0.25) is 0 Å². The van der Waals surface area contributed by atoms with Crippen LogP contribution in [-0.4, -0.2) is 36.6 Å². The van der Waals surface area contributed by atoms with E-state index < -0.39 is 0 Å². The molecule has 1 aromatic carbocycles. The van der Waals surface area contributed by atoms with Gasteiger partial charge in [0.25, 0.3) is 0 Å². The number of carbonyl (C=O) groups excluding carboxylic acids is 1. The highest BCUT2D eigenvalue weighted by Crippen LogP contribution is 2.15. The van der Waals surface area contributed by atoms with E-state index in [0.29, 0.717) is 12.5 Å². The lowest BCUT2D eigenvalue weighted by Crippen LogP contribution is -2.41. The zero-order chi connectivity index (χ0) is 13.7. The third kappa shape index (κ3) is 4.25. The Morgan fingerprint density at radius 1 is 1.32 bits per heavy atom. The molecule has 104 valence electrons. The number of likely N-dealkylation sites (tertiary alicyclic amines) is 1. The Labute approximate surface area is 120 Å². The van der Waals surface area contributed by atoms with Gasteiger partial charge in [-0.3, -0.25) is 4.79 Å². The van der Waals surface area contributed by atoms with Gasteiger partial charge in [-0.25, -0.2) is 0 Å². The summed E-state index contributed by atoms with van der Waals surface area (Å²) in [5.74, 6) is 0.210. The largest absolute Gasteiger partial charge is 0.378 e. The summed E-state index contributed by atoms with van der Waals surface area (Å²) in [4.78, 5) is 15.1. The van der Waals surface area contributed by atoms with Crippen LogP contribution in [0, 0.1) is 0 Å². The molecule has 1 amide bonds. The third-order valence-corrected chi connectivity index (χ3v) is 3.79. The van der Waals surface area contributed by atoms with Gasteiger partial charge in [-0.05, 0) is 37.5 Å². The second-order valence-corrected chi connectivity index (χ2v) is 5.40. The molecule has 0 spiro atoms. The Balaban J connectivity index is 1.83. The number of hydrogen-bond acceptors (Lipinski definition) is 3. The molecule has 1 aromatic rings. The molecule has 0 unspecified atom stereocenters. The van der Waals surface area contributed by atoms with Crippen LogP contribution in [0.25, 0.3) is 0 Å². The smallest absolute Gasteiger partial charge is 0.226 e. The van der Waals surface area contributed by atoms with E-state index in [1.807, 2.05) is 36.1 Å². The quantitative estimate of drug-likeness (QED) is 0.858. The van der Waals surface area contributed by atoms with Crippen molar-refractivity contribution in [2.24, 2.45) is 0 Å². The molecule has 4 heteroatoms. The number of hydrogen-bond donors (Lipinski definition) is 1. The molecule has 0 atom stereocenters. The molecule has 1 aliphatic rings. The van der Waals surface area contributed by atoms with E-state index in [-0.39, 0.29) is 5.91 Å². The molecule has 0 radical (unpaired) electrons. The molecule has 1 fully saturated rings. The lowest BCUT2D eigenvalue weighted by atomic mass is 10.1. The van der Waals surface area contributed by atoms with Crippen molar-refractivity contribution in [2.45, 2.75) is 37.2 Å². The molecule has 1 aliphatic heterocycles. The number of rotatable bonds is 4. The van der Waals surface area contributed by atoms with Crippen LogP contribution >= 0.6 is 12.6 Å². The number of nitrogens with zero attached hydrogens (tertiary/aromatic N) is 1. The Hall–Kier alpha value is -1.00. The lowest BCUT2D eigenvalue weighted by Gasteiger charge is -2.31. The maximum atomic E-state index is 12.2. The van der Waals surface area contributed by atoms with Gasteiger partial charge in [0.1, 0.15) is 0 Å². The van der Waals surface area contributed by atoms with Crippen molar-refractivity contribution in [2.75, 3.05) is 19.7 Å². The van der Waals surface area contributed by atoms with Gasteiger partial charge in [0.15, 0.2) is 0 Å². The summed E-state index contributed by atoms with van der Waals surface area (Å²) < 4.78 is 5.60. The van der Waals surface area contributed by atoms with Crippen LogP contribution in [0.4, 0.5) is 0 Å². The van der Waals surface area contributed by atoms with Gasteiger partial charge < -0.3 is 9.64 Å². The standard InChI is InChI=1S/C15H21NO2S/c1-2-18-13-7-9-16(10-8-13)15(17)11-12-3-5-14(19)6-4-12/h3-6,13,19H,2,7-11H2,1H3. The third-order valence-electron chi connectivity index (χ3n) is 3.49. The van der Waals surface area contributed by atoms with Gasteiger partial charge in [-0.2, -0.15) is 0 Å². The van der Waals surface area contributed by atoms with Gasteiger partial charge >= 0.3 is 0 Å². The summed E-state index contributed by atoms with van der Waals surface area (Å²) in [5, 5.41) is 0. The summed E-state index contributed by atoms with van der Waals surface area (Å²) in [6.07, 6.45) is 2.72. The average Bonchev–Trinajstić information content (AvgIpc) is 2.42. The van der Waals surface area contributed by atoms with E-state index >= 15 is 0 Å². The fourth-order valence-electron chi connectivity index (χ4n) is 2.41. The SMILES string of the molecule is CCOC1CCN(C(=O)Cc2ccc(S)cc2)CC1. The first-order chi connectivity index (χ1) is 9.19. The first-order valence-electron chi connectivity index (χ1n) is 6.86. The number of ether oxygens (including phenoxy) is 1. The highest BCUT2D eigenvalue weighted by atomic mass is 32.1. The Kier molecular flexibility index (Phi) is 5.28. The average molecular weight is 279 g/mol. The predicted molar refractivity (Wildman–Crippen MR) is 78.6 cm³/mol. The van der Waals surface area contributed by atoms with Gasteiger partial charge in [0.05, 0.1) is 12.5 Å². The van der Waals surface area contributed by atoms with Crippen molar-refractivity contribution in [1.82, 2.24) is 4.90 Å². The van der Waals surface area contributed by atoms with Crippen LogP contribution in [0.15, 0.2) is 29.2 Å². The topological polar surface area (TPSA) is 29.5 Å². The van der Waals surface area contributed by atoms with E-state index in [4.69, 9.17) is 4.74 Å². The van der Waals surface area contributed by atoms with E-state index in [0.717, 1.165) is 43.0 Å². The monoisotopic (exact) mass is 279 g/mol. The molecular weight excluding hydrogens is 258 g/mol. The van der Waals surface area contributed by atoms with Gasteiger partial charge in [-0.15, -0.1) is 12.6 Å². The highest BCUT2D eigenvalue weighted by Gasteiger charge is 2.22. The molecule has 1 heterocycles. The van der Waals surface area contributed by atoms with Gasteiger partial charge in [0.2, 0.25) is 5.91 Å². The maximum Gasteiger partial charge on any atom is 0.226 e. The molecule has 19 heavy (non-hydrogen) atoms. The van der Waals surface area contributed by atoms with E-state index in [2.05, 4.69) is 12.6 Å². The van der Waals surface area contributed by atoms with Crippen molar-refractivity contribution >= 4 is 18.5 Å². The number of piperidine rings is 1. The summed E-state index contributed by atoms with van der Waals surface area (Å²) in [6, 6.07) is 7.78. The molecule has 0 saturated carbocycles. The second kappa shape index (κ2) is 6.96. The fourth-order valence-corrected chi connectivity index (χ4v) is 2.56. The Bertz CT molecular complexity index is 411. The first-order valence-corrected chi connectivity index (χ1v) is 7.31. The molecule has 2 rings (SSSR count). The fraction of sp³-hybridized carbons (Fsp3) is 0.533. The number of carbonyl (C=O) groups is 1. The Morgan fingerprint density at radius 3 is 2.53 bits per heavy atom. The van der Waals surface area contributed by atoms with Crippen molar-refractivity contribution in [3.63, 3.8) is 0 Å². The zero-order valence-electron chi connectivity index (χ0n) is 11.3. The van der Waals surface area contributed by atoms with Crippen LogP contribution in [-0.2, 0) is 16.0 Å². The molecule has 0 aliphatic carbocycles. The van der Waals surface area contributed by atoms with Crippen LogP contribution in [0.1, 0.15) is 25.3 Å². The summed E-state index contributed by atoms with van der Waals surface area (Å²) in [6.45, 7) is 4.40.